The van der Waals surface area contributed by atoms with Gasteiger partial charge in [-0.2, -0.15) is 0 Å². The predicted octanol–water partition coefficient (Wildman–Crippen LogP) is 2.20. The molecule has 7 nitrogen and oxygen atoms in total. The average molecular weight is 390 g/mol. The van der Waals surface area contributed by atoms with Gasteiger partial charge in [0.15, 0.2) is 5.96 Å². The first-order valence-corrected chi connectivity index (χ1v) is 10.1. The number of hydrogen-bond acceptors (Lipinski definition) is 4. The van der Waals surface area contributed by atoms with Crippen molar-refractivity contribution in [2.24, 2.45) is 4.99 Å². The Morgan fingerprint density at radius 2 is 1.86 bits per heavy atom. The van der Waals surface area contributed by atoms with E-state index in [0.717, 1.165) is 56.5 Å². The Hall–Kier alpha value is -2.12. The van der Waals surface area contributed by atoms with Gasteiger partial charge >= 0.3 is 0 Å². The van der Waals surface area contributed by atoms with Gasteiger partial charge in [0.2, 0.25) is 5.91 Å². The molecule has 1 aromatic rings. The van der Waals surface area contributed by atoms with E-state index in [0.29, 0.717) is 13.0 Å². The van der Waals surface area contributed by atoms with Crippen molar-refractivity contribution in [3.05, 3.63) is 29.8 Å². The van der Waals surface area contributed by atoms with E-state index in [9.17, 15) is 4.79 Å². The highest BCUT2D eigenvalue weighted by Crippen LogP contribution is 2.15. The number of hydrogen-bond donors (Lipinski definition) is 3. The zero-order valence-electron chi connectivity index (χ0n) is 17.7. The predicted molar refractivity (Wildman–Crippen MR) is 115 cm³/mol. The molecule has 1 amide bonds. The molecule has 156 valence electrons. The van der Waals surface area contributed by atoms with Crippen LogP contribution in [0.3, 0.4) is 0 Å². The van der Waals surface area contributed by atoms with Crippen molar-refractivity contribution in [2.45, 2.75) is 45.7 Å². The standard InChI is InChI=1S/C21H35N5O2/c1-5-6-19(27)25-18-9-7-17(8-10-18)15-23-20(22-4)24-16-21(2,3)26-11-13-28-14-12-26/h7-10H,5-6,11-16H2,1-4H3,(H,25,27)(H2,22,23,24). The van der Waals surface area contributed by atoms with E-state index in [1.165, 1.54) is 0 Å². The van der Waals surface area contributed by atoms with Crippen LogP contribution in [-0.2, 0) is 16.1 Å². The molecule has 28 heavy (non-hydrogen) atoms. The van der Waals surface area contributed by atoms with Crippen LogP contribution in [0.1, 0.15) is 39.2 Å². The lowest BCUT2D eigenvalue weighted by Crippen LogP contribution is -2.56. The molecule has 1 aliphatic heterocycles. The van der Waals surface area contributed by atoms with E-state index in [2.05, 4.69) is 39.7 Å². The van der Waals surface area contributed by atoms with Gasteiger partial charge in [-0.1, -0.05) is 19.1 Å². The number of aliphatic imine (C=N–C) groups is 1. The Kier molecular flexibility index (Phi) is 8.73. The molecule has 0 bridgehead atoms. The summed E-state index contributed by atoms with van der Waals surface area (Å²) in [5.74, 6) is 0.836. The van der Waals surface area contributed by atoms with Crippen LogP contribution in [0.5, 0.6) is 0 Å². The smallest absolute Gasteiger partial charge is 0.224 e. The molecule has 0 saturated carbocycles. The fourth-order valence-electron chi connectivity index (χ4n) is 3.14. The zero-order valence-corrected chi connectivity index (χ0v) is 17.7. The van der Waals surface area contributed by atoms with Gasteiger partial charge in [-0.3, -0.25) is 14.7 Å². The van der Waals surface area contributed by atoms with Gasteiger partial charge in [0.05, 0.1) is 13.2 Å². The van der Waals surface area contributed by atoms with Crippen LogP contribution in [0.4, 0.5) is 5.69 Å². The van der Waals surface area contributed by atoms with Gasteiger partial charge in [-0.25, -0.2) is 0 Å². The minimum atomic E-state index is 0.0275. The number of carbonyl (C=O) groups is 1. The molecule has 0 unspecified atom stereocenters. The number of rotatable bonds is 8. The fourth-order valence-corrected chi connectivity index (χ4v) is 3.14. The molecule has 0 atom stereocenters. The number of nitrogens with zero attached hydrogens (tertiary/aromatic N) is 2. The summed E-state index contributed by atoms with van der Waals surface area (Å²) in [4.78, 5) is 18.4. The Bertz CT molecular complexity index is 637. The number of carbonyl (C=O) groups excluding carboxylic acids is 1. The quantitative estimate of drug-likeness (QED) is 0.469. The molecular weight excluding hydrogens is 354 g/mol. The maximum Gasteiger partial charge on any atom is 0.224 e. The minimum Gasteiger partial charge on any atom is -0.379 e. The van der Waals surface area contributed by atoms with Crippen molar-refractivity contribution in [1.82, 2.24) is 15.5 Å². The third kappa shape index (κ3) is 7.13. The van der Waals surface area contributed by atoms with Crippen molar-refractivity contribution in [2.75, 3.05) is 45.2 Å². The maximum atomic E-state index is 11.7. The van der Waals surface area contributed by atoms with Crippen molar-refractivity contribution >= 4 is 17.6 Å². The third-order valence-electron chi connectivity index (χ3n) is 4.95. The van der Waals surface area contributed by atoms with Crippen LogP contribution in [0.2, 0.25) is 0 Å². The van der Waals surface area contributed by atoms with Gasteiger partial charge in [-0.05, 0) is 38.0 Å². The lowest BCUT2D eigenvalue weighted by Gasteiger charge is -2.41. The summed E-state index contributed by atoms with van der Waals surface area (Å²) in [6.07, 6.45) is 1.40. The molecule has 0 radical (unpaired) electrons. The van der Waals surface area contributed by atoms with Crippen molar-refractivity contribution in [3.8, 4) is 0 Å². The summed E-state index contributed by atoms with van der Waals surface area (Å²) in [5.41, 5.74) is 1.99. The van der Waals surface area contributed by atoms with Crippen LogP contribution in [-0.4, -0.2) is 62.2 Å². The summed E-state index contributed by atoms with van der Waals surface area (Å²) in [7, 11) is 1.78. The molecule has 0 aromatic heterocycles. The van der Waals surface area contributed by atoms with E-state index in [4.69, 9.17) is 4.74 Å². The number of morpholine rings is 1. The fraction of sp³-hybridized carbons (Fsp3) is 0.619. The summed E-state index contributed by atoms with van der Waals surface area (Å²) < 4.78 is 5.45. The van der Waals surface area contributed by atoms with Crippen LogP contribution >= 0.6 is 0 Å². The van der Waals surface area contributed by atoms with Crippen molar-refractivity contribution in [1.29, 1.82) is 0 Å². The Balaban J connectivity index is 1.79. The Labute approximate surface area is 168 Å². The largest absolute Gasteiger partial charge is 0.379 e. The highest BCUT2D eigenvalue weighted by Gasteiger charge is 2.28. The second-order valence-corrected chi connectivity index (χ2v) is 7.69. The summed E-state index contributed by atoms with van der Waals surface area (Å²) in [6.45, 7) is 11.5. The van der Waals surface area contributed by atoms with Gasteiger partial charge in [-0.15, -0.1) is 0 Å². The SMILES string of the molecule is CCCC(=O)Nc1ccc(CNC(=NC)NCC(C)(C)N2CCOCC2)cc1. The number of benzene rings is 1. The average Bonchev–Trinajstić information content (AvgIpc) is 2.70. The van der Waals surface area contributed by atoms with Crippen LogP contribution in [0, 0.1) is 0 Å². The van der Waals surface area contributed by atoms with Crippen molar-refractivity contribution in [3.63, 3.8) is 0 Å². The molecule has 1 saturated heterocycles. The molecular formula is C21H35N5O2. The zero-order chi connectivity index (χ0) is 20.4. The summed E-state index contributed by atoms with van der Waals surface area (Å²) >= 11 is 0. The van der Waals surface area contributed by atoms with E-state index < -0.39 is 0 Å². The topological polar surface area (TPSA) is 78.0 Å². The highest BCUT2D eigenvalue weighted by molar-refractivity contribution is 5.90. The van der Waals surface area contributed by atoms with Gasteiger partial charge < -0.3 is 20.7 Å². The molecule has 1 fully saturated rings. The summed E-state index contributed by atoms with van der Waals surface area (Å²) in [6, 6.07) is 7.89. The van der Waals surface area contributed by atoms with Crippen LogP contribution < -0.4 is 16.0 Å². The van der Waals surface area contributed by atoms with Crippen LogP contribution in [0.15, 0.2) is 29.3 Å². The maximum absolute atomic E-state index is 11.7. The Morgan fingerprint density at radius 3 is 2.46 bits per heavy atom. The first-order valence-electron chi connectivity index (χ1n) is 10.1. The second kappa shape index (κ2) is 11.0. The first kappa shape index (κ1) is 22.2. The normalized spacial score (nSPS) is 15.9. The third-order valence-corrected chi connectivity index (χ3v) is 4.95. The number of amides is 1. The van der Waals surface area contributed by atoms with Gasteiger partial charge in [0.25, 0.3) is 0 Å². The highest BCUT2D eigenvalue weighted by atomic mass is 16.5. The molecule has 7 heteroatoms. The molecule has 3 N–H and O–H groups in total. The Morgan fingerprint density at radius 1 is 1.18 bits per heavy atom. The monoisotopic (exact) mass is 389 g/mol. The van der Waals surface area contributed by atoms with Crippen molar-refractivity contribution < 1.29 is 9.53 Å². The van der Waals surface area contributed by atoms with E-state index >= 15 is 0 Å². The molecule has 0 spiro atoms. The van der Waals surface area contributed by atoms with Crippen LogP contribution in [0.25, 0.3) is 0 Å². The lowest BCUT2D eigenvalue weighted by atomic mass is 10.0. The molecule has 1 aromatic carbocycles. The van der Waals surface area contributed by atoms with E-state index in [-0.39, 0.29) is 11.4 Å². The van der Waals surface area contributed by atoms with Gasteiger partial charge in [0.1, 0.15) is 0 Å². The minimum absolute atomic E-state index is 0.0275. The number of guanidine groups is 1. The molecule has 0 aliphatic carbocycles. The number of anilines is 1. The number of ether oxygens (including phenoxy) is 1. The number of nitrogens with one attached hydrogen (secondary N) is 3. The van der Waals surface area contributed by atoms with E-state index in [1.54, 1.807) is 7.05 Å². The summed E-state index contributed by atoms with van der Waals surface area (Å²) in [5, 5.41) is 9.68. The molecule has 1 heterocycles. The molecule has 2 rings (SSSR count). The first-order chi connectivity index (χ1) is 13.4. The second-order valence-electron chi connectivity index (χ2n) is 7.69. The van der Waals surface area contributed by atoms with E-state index in [1.807, 2.05) is 31.2 Å². The molecule has 1 aliphatic rings. The van der Waals surface area contributed by atoms with Gasteiger partial charge in [0, 0.05) is 50.9 Å². The lowest BCUT2D eigenvalue weighted by molar-refractivity contribution is -0.116.